The first kappa shape index (κ1) is 12.7. The Morgan fingerprint density at radius 3 is 2.29 bits per heavy atom. The smallest absolute Gasteiger partial charge is 0.305 e. The van der Waals surface area contributed by atoms with Gasteiger partial charge in [-0.25, -0.2) is 0 Å². The second kappa shape index (κ2) is 5.64. The molecule has 4 N–H and O–H groups in total. The summed E-state index contributed by atoms with van der Waals surface area (Å²) < 4.78 is 0. The molecule has 0 saturated heterocycles. The van der Waals surface area contributed by atoms with E-state index in [9.17, 15) is 14.4 Å². The molecule has 0 aromatic heterocycles. The third-order valence-electron chi connectivity index (χ3n) is 2.06. The molecular weight excluding hydrogens is 224 g/mol. The average Bonchev–Trinajstić information content (AvgIpc) is 2.28. The first-order valence-corrected chi connectivity index (χ1v) is 4.87. The lowest BCUT2D eigenvalue weighted by atomic mass is 10.1. The van der Waals surface area contributed by atoms with Gasteiger partial charge in [-0.2, -0.15) is 0 Å². The molecule has 1 aromatic carbocycles. The van der Waals surface area contributed by atoms with Crippen LogP contribution in [-0.2, 0) is 9.59 Å². The molecule has 17 heavy (non-hydrogen) atoms. The van der Waals surface area contributed by atoms with E-state index in [1.165, 1.54) is 0 Å². The van der Waals surface area contributed by atoms with Crippen LogP contribution in [0.1, 0.15) is 16.8 Å². The standard InChI is InChI=1S/C11H12N2O4/c12-10(16)8(6-9(14)15)13-11(17)7-4-2-1-3-5-7/h1-5,8H,6H2,(H2,12,16)(H,13,17)(H,14,15)/t8-/m1/s1. The van der Waals surface area contributed by atoms with E-state index in [1.54, 1.807) is 30.3 Å². The Hall–Kier alpha value is -2.37. The zero-order valence-electron chi connectivity index (χ0n) is 8.92. The number of hydrogen-bond donors (Lipinski definition) is 3. The Morgan fingerprint density at radius 1 is 1.24 bits per heavy atom. The van der Waals surface area contributed by atoms with Crippen molar-refractivity contribution in [3.8, 4) is 0 Å². The van der Waals surface area contributed by atoms with Crippen molar-refractivity contribution in [2.75, 3.05) is 0 Å². The average molecular weight is 236 g/mol. The number of benzene rings is 1. The normalized spacial score (nSPS) is 11.5. The summed E-state index contributed by atoms with van der Waals surface area (Å²) in [5, 5.41) is 10.8. The lowest BCUT2D eigenvalue weighted by molar-refractivity contribution is -0.139. The number of carboxylic acids is 1. The van der Waals surface area contributed by atoms with Crippen LogP contribution >= 0.6 is 0 Å². The summed E-state index contributed by atoms with van der Waals surface area (Å²) in [4.78, 5) is 33.0. The molecule has 6 heteroatoms. The molecule has 90 valence electrons. The van der Waals surface area contributed by atoms with Crippen LogP contribution in [0.25, 0.3) is 0 Å². The molecule has 0 fully saturated rings. The highest BCUT2D eigenvalue weighted by atomic mass is 16.4. The highest BCUT2D eigenvalue weighted by molar-refractivity contribution is 5.98. The number of carboxylic acid groups (broad SMARTS) is 1. The van der Waals surface area contributed by atoms with Crippen LogP contribution in [0.3, 0.4) is 0 Å². The van der Waals surface area contributed by atoms with Crippen molar-refractivity contribution in [1.29, 1.82) is 0 Å². The van der Waals surface area contributed by atoms with Crippen LogP contribution < -0.4 is 11.1 Å². The van der Waals surface area contributed by atoms with Crippen molar-refractivity contribution in [2.24, 2.45) is 5.73 Å². The van der Waals surface area contributed by atoms with E-state index in [1.807, 2.05) is 0 Å². The molecule has 0 saturated carbocycles. The van der Waals surface area contributed by atoms with Crippen molar-refractivity contribution in [2.45, 2.75) is 12.5 Å². The summed E-state index contributed by atoms with van der Waals surface area (Å²) in [5.74, 6) is -2.62. The SMILES string of the molecule is NC(=O)[C@@H](CC(=O)O)NC(=O)c1ccccc1. The van der Waals surface area contributed by atoms with Gasteiger partial charge in [-0.1, -0.05) is 18.2 Å². The molecule has 0 spiro atoms. The monoisotopic (exact) mass is 236 g/mol. The van der Waals surface area contributed by atoms with Crippen molar-refractivity contribution < 1.29 is 19.5 Å². The minimum Gasteiger partial charge on any atom is -0.481 e. The van der Waals surface area contributed by atoms with Gasteiger partial charge in [0.15, 0.2) is 0 Å². The maximum atomic E-state index is 11.6. The van der Waals surface area contributed by atoms with Crippen LogP contribution in [-0.4, -0.2) is 28.9 Å². The van der Waals surface area contributed by atoms with Gasteiger partial charge in [-0.15, -0.1) is 0 Å². The third-order valence-corrected chi connectivity index (χ3v) is 2.06. The Morgan fingerprint density at radius 2 is 1.82 bits per heavy atom. The van der Waals surface area contributed by atoms with Gasteiger partial charge < -0.3 is 16.2 Å². The Labute approximate surface area is 97.4 Å². The zero-order chi connectivity index (χ0) is 12.8. The summed E-state index contributed by atoms with van der Waals surface area (Å²) in [6.07, 6.45) is -0.534. The van der Waals surface area contributed by atoms with Gasteiger partial charge >= 0.3 is 5.97 Å². The van der Waals surface area contributed by atoms with E-state index in [0.717, 1.165) is 0 Å². The van der Waals surface area contributed by atoms with Crippen LogP contribution in [0, 0.1) is 0 Å². The molecule has 2 amide bonds. The quantitative estimate of drug-likeness (QED) is 0.654. The van der Waals surface area contributed by atoms with Gasteiger partial charge in [0.1, 0.15) is 6.04 Å². The molecule has 0 aliphatic rings. The fourth-order valence-corrected chi connectivity index (χ4v) is 1.23. The van der Waals surface area contributed by atoms with Crippen LogP contribution in [0.4, 0.5) is 0 Å². The lowest BCUT2D eigenvalue weighted by Crippen LogP contribution is -2.45. The van der Waals surface area contributed by atoms with Crippen molar-refractivity contribution >= 4 is 17.8 Å². The number of hydrogen-bond acceptors (Lipinski definition) is 3. The van der Waals surface area contributed by atoms with E-state index in [2.05, 4.69) is 5.32 Å². The minimum absolute atomic E-state index is 0.337. The summed E-state index contributed by atoms with van der Waals surface area (Å²) >= 11 is 0. The predicted molar refractivity (Wildman–Crippen MR) is 59.1 cm³/mol. The Balaban J connectivity index is 2.71. The Kier molecular flexibility index (Phi) is 4.21. The molecule has 0 aliphatic heterocycles. The number of carbonyl (C=O) groups is 3. The number of rotatable bonds is 5. The molecule has 6 nitrogen and oxygen atoms in total. The molecule has 0 unspecified atom stereocenters. The topological polar surface area (TPSA) is 109 Å². The molecule has 1 rings (SSSR count). The Bertz CT molecular complexity index is 430. The van der Waals surface area contributed by atoms with Crippen LogP contribution in [0.15, 0.2) is 30.3 Å². The molecule has 0 heterocycles. The minimum atomic E-state index is -1.21. The number of nitrogens with two attached hydrogens (primary N) is 1. The van der Waals surface area contributed by atoms with Crippen molar-refractivity contribution in [1.82, 2.24) is 5.32 Å². The number of primary amides is 1. The van der Waals surface area contributed by atoms with Gasteiger partial charge in [0, 0.05) is 5.56 Å². The van der Waals surface area contributed by atoms with Gasteiger partial charge in [0.25, 0.3) is 5.91 Å². The van der Waals surface area contributed by atoms with Gasteiger partial charge in [0.2, 0.25) is 5.91 Å². The van der Waals surface area contributed by atoms with Gasteiger partial charge in [-0.3, -0.25) is 14.4 Å². The maximum Gasteiger partial charge on any atom is 0.305 e. The zero-order valence-corrected chi connectivity index (χ0v) is 8.92. The largest absolute Gasteiger partial charge is 0.481 e. The fraction of sp³-hybridized carbons (Fsp3) is 0.182. The van der Waals surface area contributed by atoms with Crippen LogP contribution in [0.2, 0.25) is 0 Å². The van der Waals surface area contributed by atoms with E-state index < -0.39 is 30.2 Å². The number of amides is 2. The first-order chi connectivity index (χ1) is 8.00. The molecule has 0 bridgehead atoms. The second-order valence-corrected chi connectivity index (χ2v) is 3.39. The number of carbonyl (C=O) groups excluding carboxylic acids is 2. The summed E-state index contributed by atoms with van der Waals surface area (Å²) in [5.41, 5.74) is 5.33. The number of nitrogens with one attached hydrogen (secondary N) is 1. The highest BCUT2D eigenvalue weighted by Crippen LogP contribution is 2.00. The molecule has 1 aromatic rings. The molecule has 0 radical (unpaired) electrons. The van der Waals surface area contributed by atoms with Gasteiger partial charge in [0.05, 0.1) is 6.42 Å². The lowest BCUT2D eigenvalue weighted by Gasteiger charge is -2.13. The highest BCUT2D eigenvalue weighted by Gasteiger charge is 2.21. The van der Waals surface area contributed by atoms with E-state index in [4.69, 9.17) is 10.8 Å². The maximum absolute atomic E-state index is 11.6. The van der Waals surface area contributed by atoms with Crippen molar-refractivity contribution in [3.63, 3.8) is 0 Å². The van der Waals surface area contributed by atoms with Crippen LogP contribution in [0.5, 0.6) is 0 Å². The van der Waals surface area contributed by atoms with E-state index in [0.29, 0.717) is 5.56 Å². The fourth-order valence-electron chi connectivity index (χ4n) is 1.23. The van der Waals surface area contributed by atoms with E-state index in [-0.39, 0.29) is 0 Å². The first-order valence-electron chi connectivity index (χ1n) is 4.87. The number of aliphatic carboxylic acids is 1. The molecular formula is C11H12N2O4. The second-order valence-electron chi connectivity index (χ2n) is 3.39. The summed E-state index contributed by atoms with van der Waals surface area (Å²) in [6.45, 7) is 0. The van der Waals surface area contributed by atoms with Crippen molar-refractivity contribution in [3.05, 3.63) is 35.9 Å². The summed E-state index contributed by atoms with van der Waals surface area (Å²) in [7, 11) is 0. The predicted octanol–water partition coefficient (Wildman–Crippen LogP) is -0.255. The molecule has 0 aliphatic carbocycles. The third kappa shape index (κ3) is 3.94. The van der Waals surface area contributed by atoms with E-state index >= 15 is 0 Å². The molecule has 1 atom stereocenters. The summed E-state index contributed by atoms with van der Waals surface area (Å²) in [6, 6.07) is 6.94. The van der Waals surface area contributed by atoms with Gasteiger partial charge in [-0.05, 0) is 12.1 Å².